The van der Waals surface area contributed by atoms with Gasteiger partial charge >= 0.3 is 0 Å². The third-order valence-corrected chi connectivity index (χ3v) is 1.88. The van der Waals surface area contributed by atoms with E-state index in [2.05, 4.69) is 0 Å². The first-order chi connectivity index (χ1) is 5.38. The number of carbonyl (C=O) groups excluding carboxylic acids is 1. The van der Waals surface area contributed by atoms with Gasteiger partial charge in [-0.2, -0.15) is 0 Å². The van der Waals surface area contributed by atoms with Crippen molar-refractivity contribution in [3.05, 3.63) is 36.1 Å². The Labute approximate surface area is 65.5 Å². The minimum absolute atomic E-state index is 0.197. The fraction of sp³-hybridized carbons (Fsp3) is 0.222. The molecule has 1 amide bonds. The minimum atomic E-state index is 0.197. The number of amides is 1. The standard InChI is InChI=1S/C9H9NO/c11-9-6-3-5-8-4-1-2-7-10(8)9/h1-5H,6-7H2. The molecular weight excluding hydrogens is 138 g/mol. The second-order valence-corrected chi connectivity index (χ2v) is 2.63. The number of hydrogen-bond donors (Lipinski definition) is 0. The molecule has 2 aliphatic rings. The van der Waals surface area contributed by atoms with Gasteiger partial charge in [-0.05, 0) is 12.2 Å². The molecule has 0 unspecified atom stereocenters. The van der Waals surface area contributed by atoms with Gasteiger partial charge in [0.15, 0.2) is 0 Å². The Kier molecular flexibility index (Phi) is 1.39. The van der Waals surface area contributed by atoms with Gasteiger partial charge in [0, 0.05) is 18.7 Å². The molecule has 0 bridgehead atoms. The van der Waals surface area contributed by atoms with E-state index in [4.69, 9.17) is 0 Å². The van der Waals surface area contributed by atoms with Gasteiger partial charge in [0.2, 0.25) is 5.91 Å². The monoisotopic (exact) mass is 147 g/mol. The summed E-state index contributed by atoms with van der Waals surface area (Å²) < 4.78 is 0. The number of fused-ring (bicyclic) bond motifs is 1. The van der Waals surface area contributed by atoms with Crippen LogP contribution in [-0.2, 0) is 4.79 Å². The Bertz CT molecular complexity index is 273. The summed E-state index contributed by atoms with van der Waals surface area (Å²) in [4.78, 5) is 13.0. The van der Waals surface area contributed by atoms with Crippen LogP contribution < -0.4 is 0 Å². The van der Waals surface area contributed by atoms with Crippen LogP contribution in [0.3, 0.4) is 0 Å². The van der Waals surface area contributed by atoms with Crippen LogP contribution in [0, 0.1) is 0 Å². The highest BCUT2D eigenvalue weighted by Gasteiger charge is 2.18. The minimum Gasteiger partial charge on any atom is -0.308 e. The van der Waals surface area contributed by atoms with Gasteiger partial charge in [-0.3, -0.25) is 4.79 Å². The summed E-state index contributed by atoms with van der Waals surface area (Å²) in [5.74, 6) is 0.197. The number of rotatable bonds is 0. The van der Waals surface area contributed by atoms with Crippen LogP contribution in [-0.4, -0.2) is 17.4 Å². The van der Waals surface area contributed by atoms with Crippen LogP contribution in [0.1, 0.15) is 6.42 Å². The van der Waals surface area contributed by atoms with Crippen molar-refractivity contribution in [1.82, 2.24) is 4.90 Å². The predicted octanol–water partition coefficient (Wildman–Crippen LogP) is 1.23. The largest absolute Gasteiger partial charge is 0.308 e. The molecule has 0 saturated heterocycles. The number of allylic oxidation sites excluding steroid dienone is 3. The molecule has 2 nitrogen and oxygen atoms in total. The lowest BCUT2D eigenvalue weighted by Crippen LogP contribution is -2.32. The van der Waals surface area contributed by atoms with E-state index in [0.717, 1.165) is 12.2 Å². The summed E-state index contributed by atoms with van der Waals surface area (Å²) in [6.07, 6.45) is 10.4. The van der Waals surface area contributed by atoms with Crippen molar-refractivity contribution in [2.45, 2.75) is 6.42 Å². The summed E-state index contributed by atoms with van der Waals surface area (Å²) in [6.45, 7) is 0.731. The molecule has 56 valence electrons. The Morgan fingerprint density at radius 1 is 1.36 bits per heavy atom. The predicted molar refractivity (Wildman–Crippen MR) is 42.7 cm³/mol. The molecule has 0 N–H and O–H groups in total. The van der Waals surface area contributed by atoms with Crippen LogP contribution in [0.2, 0.25) is 0 Å². The SMILES string of the molecule is O=C1CC=CC2=CC=CCN12. The van der Waals surface area contributed by atoms with E-state index in [9.17, 15) is 4.79 Å². The lowest BCUT2D eigenvalue weighted by molar-refractivity contribution is -0.128. The van der Waals surface area contributed by atoms with E-state index >= 15 is 0 Å². The van der Waals surface area contributed by atoms with Crippen LogP contribution in [0.15, 0.2) is 36.1 Å². The third kappa shape index (κ3) is 1.00. The lowest BCUT2D eigenvalue weighted by atomic mass is 10.1. The fourth-order valence-electron chi connectivity index (χ4n) is 1.31. The summed E-state index contributed by atoms with van der Waals surface area (Å²) in [5.41, 5.74) is 1.02. The molecule has 0 aliphatic carbocycles. The Morgan fingerprint density at radius 3 is 3.09 bits per heavy atom. The quantitative estimate of drug-likeness (QED) is 0.504. The molecular formula is C9H9NO. The Morgan fingerprint density at radius 2 is 2.27 bits per heavy atom. The average molecular weight is 147 g/mol. The van der Waals surface area contributed by atoms with Gasteiger partial charge in [-0.15, -0.1) is 0 Å². The van der Waals surface area contributed by atoms with E-state index in [-0.39, 0.29) is 5.91 Å². The van der Waals surface area contributed by atoms with Gasteiger partial charge in [0.25, 0.3) is 0 Å². The molecule has 0 fully saturated rings. The second kappa shape index (κ2) is 2.38. The van der Waals surface area contributed by atoms with Crippen molar-refractivity contribution in [2.24, 2.45) is 0 Å². The number of hydrogen-bond acceptors (Lipinski definition) is 1. The van der Waals surface area contributed by atoms with Crippen molar-refractivity contribution >= 4 is 5.91 Å². The average Bonchev–Trinajstić information content (AvgIpc) is 2.06. The maximum Gasteiger partial charge on any atom is 0.231 e. The molecule has 2 aliphatic heterocycles. The zero-order valence-electron chi connectivity index (χ0n) is 6.16. The summed E-state index contributed by atoms with van der Waals surface area (Å²) in [7, 11) is 0. The zero-order valence-corrected chi connectivity index (χ0v) is 6.16. The molecule has 0 radical (unpaired) electrons. The molecule has 0 spiro atoms. The Hall–Kier alpha value is -1.31. The van der Waals surface area contributed by atoms with Crippen molar-refractivity contribution in [3.8, 4) is 0 Å². The molecule has 2 rings (SSSR count). The maximum absolute atomic E-state index is 11.2. The van der Waals surface area contributed by atoms with Gasteiger partial charge in [0.1, 0.15) is 0 Å². The molecule has 0 atom stereocenters. The number of carbonyl (C=O) groups is 1. The van der Waals surface area contributed by atoms with E-state index < -0.39 is 0 Å². The van der Waals surface area contributed by atoms with E-state index in [1.54, 1.807) is 4.90 Å². The van der Waals surface area contributed by atoms with Gasteiger partial charge in [0.05, 0.1) is 0 Å². The Balaban J connectivity index is 2.36. The van der Waals surface area contributed by atoms with Crippen molar-refractivity contribution in [3.63, 3.8) is 0 Å². The first-order valence-corrected chi connectivity index (χ1v) is 3.71. The topological polar surface area (TPSA) is 20.3 Å². The van der Waals surface area contributed by atoms with E-state index in [1.165, 1.54) is 0 Å². The number of nitrogens with zero attached hydrogens (tertiary/aromatic N) is 1. The van der Waals surface area contributed by atoms with Crippen molar-refractivity contribution in [1.29, 1.82) is 0 Å². The summed E-state index contributed by atoms with van der Waals surface area (Å²) in [5, 5.41) is 0. The van der Waals surface area contributed by atoms with Crippen LogP contribution in [0.4, 0.5) is 0 Å². The fourth-order valence-corrected chi connectivity index (χ4v) is 1.31. The van der Waals surface area contributed by atoms with E-state index in [0.29, 0.717) is 6.42 Å². The zero-order chi connectivity index (χ0) is 7.68. The van der Waals surface area contributed by atoms with Gasteiger partial charge in [-0.25, -0.2) is 0 Å². The van der Waals surface area contributed by atoms with Gasteiger partial charge in [-0.1, -0.05) is 18.2 Å². The molecule has 0 saturated carbocycles. The normalized spacial score (nSPS) is 21.6. The summed E-state index contributed by atoms with van der Waals surface area (Å²) >= 11 is 0. The molecule has 11 heavy (non-hydrogen) atoms. The van der Waals surface area contributed by atoms with Crippen LogP contribution in [0.25, 0.3) is 0 Å². The van der Waals surface area contributed by atoms with Gasteiger partial charge < -0.3 is 4.90 Å². The van der Waals surface area contributed by atoms with Crippen LogP contribution >= 0.6 is 0 Å². The summed E-state index contributed by atoms with van der Waals surface area (Å²) in [6, 6.07) is 0. The molecule has 2 heteroatoms. The molecule has 0 aromatic carbocycles. The van der Waals surface area contributed by atoms with Crippen molar-refractivity contribution in [2.75, 3.05) is 6.54 Å². The molecule has 0 aromatic heterocycles. The van der Waals surface area contributed by atoms with Crippen molar-refractivity contribution < 1.29 is 4.79 Å². The molecule has 2 heterocycles. The second-order valence-electron chi connectivity index (χ2n) is 2.63. The highest BCUT2D eigenvalue weighted by Crippen LogP contribution is 2.17. The molecule has 0 aromatic rings. The highest BCUT2D eigenvalue weighted by atomic mass is 16.2. The van der Waals surface area contributed by atoms with Crippen LogP contribution in [0.5, 0.6) is 0 Å². The maximum atomic E-state index is 11.2. The first-order valence-electron chi connectivity index (χ1n) is 3.71. The first kappa shape index (κ1) is 6.40. The van der Waals surface area contributed by atoms with E-state index in [1.807, 2.05) is 30.4 Å². The third-order valence-electron chi connectivity index (χ3n) is 1.88. The lowest BCUT2D eigenvalue weighted by Gasteiger charge is -2.26. The smallest absolute Gasteiger partial charge is 0.231 e. The highest BCUT2D eigenvalue weighted by molar-refractivity contribution is 5.82.